The SMILES string of the molecule is COCC(C)NC(=O)NC(=O)CN(C)c1ccc(F)cc1. The Labute approximate surface area is 123 Å². The van der Waals surface area contributed by atoms with Crippen molar-refractivity contribution in [1.82, 2.24) is 10.6 Å². The predicted octanol–water partition coefficient (Wildman–Crippen LogP) is 1.12. The fourth-order valence-corrected chi connectivity index (χ4v) is 1.72. The standard InChI is InChI=1S/C14H20FN3O3/c1-10(9-21-3)16-14(20)17-13(19)8-18(2)12-6-4-11(15)5-7-12/h4-7,10H,8-9H2,1-3H3,(H2,16,17,19,20). The van der Waals surface area contributed by atoms with Gasteiger partial charge in [0.15, 0.2) is 0 Å². The molecule has 7 heteroatoms. The van der Waals surface area contributed by atoms with Gasteiger partial charge in [0.25, 0.3) is 0 Å². The number of halogens is 1. The molecule has 0 bridgehead atoms. The van der Waals surface area contributed by atoms with E-state index in [2.05, 4.69) is 10.6 Å². The van der Waals surface area contributed by atoms with Gasteiger partial charge in [0, 0.05) is 19.8 Å². The summed E-state index contributed by atoms with van der Waals surface area (Å²) in [5, 5.41) is 4.79. The van der Waals surface area contributed by atoms with E-state index in [9.17, 15) is 14.0 Å². The van der Waals surface area contributed by atoms with Crippen molar-refractivity contribution in [2.75, 3.05) is 32.2 Å². The highest BCUT2D eigenvalue weighted by Crippen LogP contribution is 2.12. The molecule has 1 aromatic carbocycles. The molecule has 3 amide bonds. The molecule has 0 heterocycles. The first-order valence-corrected chi connectivity index (χ1v) is 6.48. The smallest absolute Gasteiger partial charge is 0.321 e. The molecule has 0 aliphatic rings. The van der Waals surface area contributed by atoms with Crippen LogP contribution in [0.5, 0.6) is 0 Å². The molecule has 1 aromatic rings. The third-order valence-electron chi connectivity index (χ3n) is 2.70. The van der Waals surface area contributed by atoms with E-state index in [4.69, 9.17) is 4.74 Å². The van der Waals surface area contributed by atoms with Crippen LogP contribution in [0.3, 0.4) is 0 Å². The van der Waals surface area contributed by atoms with Crippen LogP contribution in [0.2, 0.25) is 0 Å². The van der Waals surface area contributed by atoms with E-state index in [1.54, 1.807) is 31.0 Å². The first-order chi connectivity index (χ1) is 9.92. The number of rotatable bonds is 6. The largest absolute Gasteiger partial charge is 0.383 e. The summed E-state index contributed by atoms with van der Waals surface area (Å²) in [6.07, 6.45) is 0. The van der Waals surface area contributed by atoms with Crippen molar-refractivity contribution < 1.29 is 18.7 Å². The number of carbonyl (C=O) groups is 2. The van der Waals surface area contributed by atoms with Crippen LogP contribution in [-0.4, -0.2) is 45.3 Å². The highest BCUT2D eigenvalue weighted by atomic mass is 19.1. The minimum atomic E-state index is -0.572. The normalized spacial score (nSPS) is 11.6. The number of anilines is 1. The predicted molar refractivity (Wildman–Crippen MR) is 77.7 cm³/mol. The molecule has 1 rings (SSSR count). The number of hydrogen-bond donors (Lipinski definition) is 2. The van der Waals surface area contributed by atoms with Gasteiger partial charge in [0.2, 0.25) is 5.91 Å². The lowest BCUT2D eigenvalue weighted by Crippen LogP contribution is -2.47. The van der Waals surface area contributed by atoms with Crippen LogP contribution in [0.4, 0.5) is 14.9 Å². The molecule has 0 aromatic heterocycles. The summed E-state index contributed by atoms with van der Waals surface area (Å²) in [5.41, 5.74) is 0.680. The average molecular weight is 297 g/mol. The molecule has 0 radical (unpaired) electrons. The van der Waals surface area contributed by atoms with Gasteiger partial charge in [0.1, 0.15) is 5.82 Å². The number of nitrogens with one attached hydrogen (secondary N) is 2. The molecule has 2 N–H and O–H groups in total. The highest BCUT2D eigenvalue weighted by molar-refractivity contribution is 5.96. The number of hydrogen-bond acceptors (Lipinski definition) is 4. The molecule has 1 atom stereocenters. The lowest BCUT2D eigenvalue weighted by Gasteiger charge is -2.19. The van der Waals surface area contributed by atoms with Crippen molar-refractivity contribution in [3.63, 3.8) is 0 Å². The second-order valence-corrected chi connectivity index (χ2v) is 4.71. The molecule has 6 nitrogen and oxygen atoms in total. The van der Waals surface area contributed by atoms with Gasteiger partial charge in [-0.3, -0.25) is 10.1 Å². The van der Waals surface area contributed by atoms with E-state index in [0.29, 0.717) is 12.3 Å². The fourth-order valence-electron chi connectivity index (χ4n) is 1.72. The summed E-state index contributed by atoms with van der Waals surface area (Å²) in [4.78, 5) is 24.9. The first-order valence-electron chi connectivity index (χ1n) is 6.48. The summed E-state index contributed by atoms with van der Waals surface area (Å²) in [6.45, 7) is 2.10. The van der Waals surface area contributed by atoms with Crippen LogP contribution >= 0.6 is 0 Å². The van der Waals surface area contributed by atoms with Crippen LogP contribution in [-0.2, 0) is 9.53 Å². The van der Waals surface area contributed by atoms with Crippen LogP contribution in [0, 0.1) is 5.82 Å². The van der Waals surface area contributed by atoms with E-state index in [-0.39, 0.29) is 18.4 Å². The van der Waals surface area contributed by atoms with Crippen LogP contribution in [0.15, 0.2) is 24.3 Å². The second kappa shape index (κ2) is 8.21. The quantitative estimate of drug-likeness (QED) is 0.825. The maximum Gasteiger partial charge on any atom is 0.321 e. The summed E-state index contributed by atoms with van der Waals surface area (Å²) >= 11 is 0. The Morgan fingerprint density at radius 3 is 2.52 bits per heavy atom. The number of amides is 3. The summed E-state index contributed by atoms with van der Waals surface area (Å²) in [7, 11) is 3.21. The third kappa shape index (κ3) is 6.22. The lowest BCUT2D eigenvalue weighted by atomic mass is 10.3. The van der Waals surface area contributed by atoms with Gasteiger partial charge in [-0.1, -0.05) is 0 Å². The van der Waals surface area contributed by atoms with Gasteiger partial charge < -0.3 is 15.0 Å². The van der Waals surface area contributed by atoms with Crippen molar-refractivity contribution in [1.29, 1.82) is 0 Å². The molecular formula is C14H20FN3O3. The van der Waals surface area contributed by atoms with Crippen molar-refractivity contribution >= 4 is 17.6 Å². The Morgan fingerprint density at radius 1 is 1.33 bits per heavy atom. The minimum Gasteiger partial charge on any atom is -0.383 e. The minimum absolute atomic E-state index is 0.0162. The van der Waals surface area contributed by atoms with E-state index in [1.165, 1.54) is 19.2 Å². The molecule has 21 heavy (non-hydrogen) atoms. The van der Waals surface area contributed by atoms with Crippen LogP contribution in [0.1, 0.15) is 6.92 Å². The van der Waals surface area contributed by atoms with Crippen molar-refractivity contribution in [2.45, 2.75) is 13.0 Å². The van der Waals surface area contributed by atoms with Gasteiger partial charge in [-0.25, -0.2) is 9.18 Å². The Hall–Kier alpha value is -2.15. The third-order valence-corrected chi connectivity index (χ3v) is 2.70. The van der Waals surface area contributed by atoms with Gasteiger partial charge in [0.05, 0.1) is 19.2 Å². The molecule has 1 unspecified atom stereocenters. The van der Waals surface area contributed by atoms with E-state index >= 15 is 0 Å². The Kier molecular flexibility index (Phi) is 6.61. The summed E-state index contributed by atoms with van der Waals surface area (Å²) in [6, 6.07) is 4.97. The van der Waals surface area contributed by atoms with Gasteiger partial charge >= 0.3 is 6.03 Å². The number of nitrogens with zero attached hydrogens (tertiary/aromatic N) is 1. The van der Waals surface area contributed by atoms with Gasteiger partial charge in [-0.2, -0.15) is 0 Å². The number of methoxy groups -OCH3 is 1. The van der Waals surface area contributed by atoms with Gasteiger partial charge in [-0.05, 0) is 31.2 Å². The Balaban J connectivity index is 2.42. The van der Waals surface area contributed by atoms with E-state index in [0.717, 1.165) is 0 Å². The van der Waals surface area contributed by atoms with Crippen LogP contribution in [0.25, 0.3) is 0 Å². The van der Waals surface area contributed by atoms with Crippen molar-refractivity contribution in [3.8, 4) is 0 Å². The maximum absolute atomic E-state index is 12.8. The zero-order valence-corrected chi connectivity index (χ0v) is 12.4. The fraction of sp³-hybridized carbons (Fsp3) is 0.429. The Bertz CT molecular complexity index is 479. The number of urea groups is 1. The van der Waals surface area contributed by atoms with E-state index in [1.807, 2.05) is 0 Å². The highest BCUT2D eigenvalue weighted by Gasteiger charge is 2.12. The number of ether oxygens (including phenoxy) is 1. The first kappa shape index (κ1) is 16.9. The maximum atomic E-state index is 12.8. The molecule has 0 saturated heterocycles. The molecule has 0 fully saturated rings. The summed E-state index contributed by atoms with van der Waals surface area (Å²) < 4.78 is 17.7. The molecule has 0 aliphatic heterocycles. The molecule has 0 spiro atoms. The number of carbonyl (C=O) groups excluding carboxylic acids is 2. The van der Waals surface area contributed by atoms with Crippen molar-refractivity contribution in [2.24, 2.45) is 0 Å². The topological polar surface area (TPSA) is 70.7 Å². The van der Waals surface area contributed by atoms with Crippen molar-refractivity contribution in [3.05, 3.63) is 30.1 Å². The zero-order valence-electron chi connectivity index (χ0n) is 12.4. The molecule has 0 saturated carbocycles. The van der Waals surface area contributed by atoms with Gasteiger partial charge in [-0.15, -0.1) is 0 Å². The number of imide groups is 1. The monoisotopic (exact) mass is 297 g/mol. The second-order valence-electron chi connectivity index (χ2n) is 4.71. The molecule has 0 aliphatic carbocycles. The zero-order chi connectivity index (χ0) is 15.8. The Morgan fingerprint density at radius 2 is 1.95 bits per heavy atom. The van der Waals surface area contributed by atoms with Crippen LogP contribution < -0.4 is 15.5 Å². The lowest BCUT2D eigenvalue weighted by molar-refractivity contribution is -0.118. The van der Waals surface area contributed by atoms with E-state index < -0.39 is 11.9 Å². The number of benzene rings is 1. The summed E-state index contributed by atoms with van der Waals surface area (Å²) in [5.74, 6) is -0.799. The number of likely N-dealkylation sites (N-methyl/N-ethyl adjacent to an activating group) is 1. The molecular weight excluding hydrogens is 277 g/mol. The average Bonchev–Trinajstić information content (AvgIpc) is 2.38. The molecule has 116 valence electrons.